The van der Waals surface area contributed by atoms with Gasteiger partial charge in [0.2, 0.25) is 0 Å². The monoisotopic (exact) mass is 301 g/mol. The zero-order chi connectivity index (χ0) is 14.9. The van der Waals surface area contributed by atoms with Crippen molar-refractivity contribution in [2.75, 3.05) is 26.2 Å². The predicted octanol–water partition coefficient (Wildman–Crippen LogP) is 2.91. The Morgan fingerprint density at radius 1 is 0.909 bits per heavy atom. The molecular formula is C18H27N3O. The van der Waals surface area contributed by atoms with E-state index in [4.69, 9.17) is 0 Å². The van der Waals surface area contributed by atoms with E-state index in [1.54, 1.807) is 0 Å². The van der Waals surface area contributed by atoms with Crippen LogP contribution in [0.1, 0.15) is 61.5 Å². The van der Waals surface area contributed by atoms with Crippen LogP contribution in [0, 0.1) is 0 Å². The number of hydrogen-bond acceptors (Lipinski definition) is 2. The minimum atomic E-state index is 0.236. The Kier molecular flexibility index (Phi) is 3.95. The molecule has 3 fully saturated rings. The largest absolute Gasteiger partial charge is 0.340 e. The van der Waals surface area contributed by atoms with Gasteiger partial charge in [-0.25, -0.2) is 0 Å². The van der Waals surface area contributed by atoms with Gasteiger partial charge in [-0.05, 0) is 37.8 Å². The molecule has 0 spiro atoms. The first-order chi connectivity index (χ1) is 10.8. The average molecular weight is 301 g/mol. The molecule has 2 heterocycles. The lowest BCUT2D eigenvalue weighted by atomic mass is 9.94. The Bertz CT molecular complexity index is 520. The second kappa shape index (κ2) is 6.07. The topological polar surface area (TPSA) is 28.5 Å². The van der Waals surface area contributed by atoms with Gasteiger partial charge in [-0.3, -0.25) is 9.69 Å². The highest BCUT2D eigenvalue weighted by Crippen LogP contribution is 2.36. The number of amides is 1. The van der Waals surface area contributed by atoms with Crippen molar-refractivity contribution in [3.63, 3.8) is 0 Å². The van der Waals surface area contributed by atoms with Gasteiger partial charge in [0.05, 0.1) is 0 Å². The SMILES string of the molecule is O=C(c1cccn1C1CC1)N1CCN(C2CCCCC2)CC1. The van der Waals surface area contributed by atoms with Crippen molar-refractivity contribution in [1.29, 1.82) is 0 Å². The van der Waals surface area contributed by atoms with E-state index >= 15 is 0 Å². The Morgan fingerprint density at radius 2 is 1.64 bits per heavy atom. The fourth-order valence-electron chi connectivity index (χ4n) is 4.14. The fraction of sp³-hybridized carbons (Fsp3) is 0.722. The molecule has 1 saturated heterocycles. The van der Waals surface area contributed by atoms with E-state index in [9.17, 15) is 4.79 Å². The third-order valence-electron chi connectivity index (χ3n) is 5.63. The average Bonchev–Trinajstić information content (AvgIpc) is 3.32. The number of rotatable bonds is 3. The Balaban J connectivity index is 1.36. The minimum Gasteiger partial charge on any atom is -0.340 e. The van der Waals surface area contributed by atoms with E-state index in [1.807, 2.05) is 12.1 Å². The summed E-state index contributed by atoms with van der Waals surface area (Å²) in [6.07, 6.45) is 11.4. The van der Waals surface area contributed by atoms with Crippen molar-refractivity contribution in [3.8, 4) is 0 Å². The third-order valence-corrected chi connectivity index (χ3v) is 5.63. The van der Waals surface area contributed by atoms with Crippen LogP contribution in [0.3, 0.4) is 0 Å². The molecule has 0 bridgehead atoms. The van der Waals surface area contributed by atoms with Gasteiger partial charge in [-0.2, -0.15) is 0 Å². The molecule has 4 rings (SSSR count). The van der Waals surface area contributed by atoms with Gasteiger partial charge in [-0.1, -0.05) is 19.3 Å². The van der Waals surface area contributed by atoms with Crippen LogP contribution >= 0.6 is 0 Å². The first-order valence-corrected chi connectivity index (χ1v) is 9.03. The van der Waals surface area contributed by atoms with E-state index in [2.05, 4.69) is 20.6 Å². The van der Waals surface area contributed by atoms with Crippen LogP contribution in [0.15, 0.2) is 18.3 Å². The predicted molar refractivity (Wildman–Crippen MR) is 87.1 cm³/mol. The molecule has 22 heavy (non-hydrogen) atoms. The fourth-order valence-corrected chi connectivity index (χ4v) is 4.14. The van der Waals surface area contributed by atoms with Crippen molar-refractivity contribution in [1.82, 2.24) is 14.4 Å². The number of aromatic nitrogens is 1. The lowest BCUT2D eigenvalue weighted by Gasteiger charge is -2.40. The molecule has 0 aromatic carbocycles. The van der Waals surface area contributed by atoms with Gasteiger partial charge >= 0.3 is 0 Å². The van der Waals surface area contributed by atoms with Gasteiger partial charge in [0, 0.05) is 44.5 Å². The van der Waals surface area contributed by atoms with Crippen LogP contribution in [0.25, 0.3) is 0 Å². The summed E-state index contributed by atoms with van der Waals surface area (Å²) in [5.74, 6) is 0.236. The highest BCUT2D eigenvalue weighted by molar-refractivity contribution is 5.93. The molecule has 120 valence electrons. The number of carbonyl (C=O) groups is 1. The molecule has 4 heteroatoms. The summed E-state index contributed by atoms with van der Waals surface area (Å²) < 4.78 is 2.19. The Labute approximate surface area is 133 Å². The molecule has 0 unspecified atom stereocenters. The second-order valence-electron chi connectivity index (χ2n) is 7.15. The van der Waals surface area contributed by atoms with E-state index in [0.717, 1.165) is 37.9 Å². The van der Waals surface area contributed by atoms with Gasteiger partial charge in [0.25, 0.3) is 5.91 Å². The number of piperazine rings is 1. The smallest absolute Gasteiger partial charge is 0.270 e. The van der Waals surface area contributed by atoms with Gasteiger partial charge < -0.3 is 9.47 Å². The molecule has 1 aliphatic heterocycles. The maximum atomic E-state index is 12.8. The third kappa shape index (κ3) is 2.81. The normalized spacial score (nSPS) is 24.6. The zero-order valence-corrected chi connectivity index (χ0v) is 13.4. The van der Waals surface area contributed by atoms with Crippen molar-refractivity contribution >= 4 is 5.91 Å². The van der Waals surface area contributed by atoms with Crippen molar-refractivity contribution in [3.05, 3.63) is 24.0 Å². The standard InChI is InChI=1S/C18H27N3O/c22-18(17-7-4-10-21(17)16-8-9-16)20-13-11-19(12-14-20)15-5-2-1-3-6-15/h4,7,10,15-16H,1-3,5-6,8-9,11-14H2. The molecule has 1 aromatic rings. The number of hydrogen-bond donors (Lipinski definition) is 0. The van der Waals surface area contributed by atoms with Crippen molar-refractivity contribution < 1.29 is 4.79 Å². The molecular weight excluding hydrogens is 274 g/mol. The Morgan fingerprint density at radius 3 is 2.32 bits per heavy atom. The van der Waals surface area contributed by atoms with Crippen molar-refractivity contribution in [2.45, 2.75) is 57.0 Å². The van der Waals surface area contributed by atoms with E-state index in [1.165, 1.54) is 44.9 Å². The molecule has 0 N–H and O–H groups in total. The molecule has 1 amide bonds. The highest BCUT2D eigenvalue weighted by Gasteiger charge is 2.31. The number of nitrogens with zero attached hydrogens (tertiary/aromatic N) is 3. The maximum absolute atomic E-state index is 12.8. The minimum absolute atomic E-state index is 0.236. The first-order valence-electron chi connectivity index (χ1n) is 9.03. The van der Waals surface area contributed by atoms with Crippen molar-refractivity contribution in [2.24, 2.45) is 0 Å². The lowest BCUT2D eigenvalue weighted by molar-refractivity contribution is 0.0514. The quantitative estimate of drug-likeness (QED) is 0.859. The summed E-state index contributed by atoms with van der Waals surface area (Å²) in [6, 6.07) is 5.37. The van der Waals surface area contributed by atoms with E-state index < -0.39 is 0 Å². The molecule has 3 aliphatic rings. The molecule has 2 aliphatic carbocycles. The molecule has 0 atom stereocenters. The van der Waals surface area contributed by atoms with Crippen LogP contribution in [0.4, 0.5) is 0 Å². The lowest BCUT2D eigenvalue weighted by Crippen LogP contribution is -2.52. The Hall–Kier alpha value is -1.29. The molecule has 2 saturated carbocycles. The summed E-state index contributed by atoms with van der Waals surface area (Å²) >= 11 is 0. The molecule has 1 aromatic heterocycles. The summed E-state index contributed by atoms with van der Waals surface area (Å²) in [7, 11) is 0. The second-order valence-corrected chi connectivity index (χ2v) is 7.15. The van der Waals surface area contributed by atoms with E-state index in [-0.39, 0.29) is 5.91 Å². The van der Waals surface area contributed by atoms with E-state index in [0.29, 0.717) is 6.04 Å². The summed E-state index contributed by atoms with van der Waals surface area (Å²) in [6.45, 7) is 3.90. The zero-order valence-electron chi connectivity index (χ0n) is 13.4. The summed E-state index contributed by atoms with van der Waals surface area (Å²) in [5, 5.41) is 0. The molecule has 0 radical (unpaired) electrons. The van der Waals surface area contributed by atoms with Crippen LogP contribution in [0.5, 0.6) is 0 Å². The van der Waals surface area contributed by atoms with Crippen LogP contribution < -0.4 is 0 Å². The summed E-state index contributed by atoms with van der Waals surface area (Å²) in [5.41, 5.74) is 0.897. The van der Waals surface area contributed by atoms with Gasteiger partial charge in [-0.15, -0.1) is 0 Å². The van der Waals surface area contributed by atoms with Crippen LogP contribution in [-0.4, -0.2) is 52.5 Å². The van der Waals surface area contributed by atoms with Gasteiger partial charge in [0.1, 0.15) is 5.69 Å². The first kappa shape index (κ1) is 14.3. The van der Waals surface area contributed by atoms with Crippen LogP contribution in [-0.2, 0) is 0 Å². The highest BCUT2D eigenvalue weighted by atomic mass is 16.2. The summed E-state index contributed by atoms with van der Waals surface area (Å²) in [4.78, 5) is 17.5. The molecule has 4 nitrogen and oxygen atoms in total. The van der Waals surface area contributed by atoms with Crippen LogP contribution in [0.2, 0.25) is 0 Å². The van der Waals surface area contributed by atoms with Gasteiger partial charge in [0.15, 0.2) is 0 Å². The maximum Gasteiger partial charge on any atom is 0.270 e. The number of carbonyl (C=O) groups excluding carboxylic acids is 1.